The number of aliphatic imine (C=N–C) groups is 1. The van der Waals surface area contributed by atoms with E-state index in [0.29, 0.717) is 30.8 Å². The number of halogens is 1. The van der Waals surface area contributed by atoms with Crippen molar-refractivity contribution in [1.82, 2.24) is 15.6 Å². The lowest BCUT2D eigenvalue weighted by Gasteiger charge is -2.04. The van der Waals surface area contributed by atoms with Crippen molar-refractivity contribution in [1.29, 1.82) is 0 Å². The molecule has 1 aromatic carbocycles. The maximum atomic E-state index is 11.0. The highest BCUT2D eigenvalue weighted by molar-refractivity contribution is 7.13. The summed E-state index contributed by atoms with van der Waals surface area (Å²) >= 11 is 1.42. The van der Waals surface area contributed by atoms with Gasteiger partial charge in [0.05, 0.1) is 12.3 Å². The molecule has 7 nitrogen and oxygen atoms in total. The molecule has 4 N–H and O–H groups in total. The van der Waals surface area contributed by atoms with Gasteiger partial charge in [-0.25, -0.2) is 4.98 Å². The van der Waals surface area contributed by atoms with E-state index in [-0.39, 0.29) is 18.3 Å². The lowest BCUT2D eigenvalue weighted by molar-refractivity contribution is -0.119. The van der Waals surface area contributed by atoms with Crippen LogP contribution in [-0.2, 0) is 16.1 Å². The van der Waals surface area contributed by atoms with Crippen LogP contribution < -0.4 is 16.4 Å². The summed E-state index contributed by atoms with van der Waals surface area (Å²) in [5.74, 6) is 0.259. The topological polar surface area (TPSA) is 102 Å². The molecule has 0 saturated heterocycles. The van der Waals surface area contributed by atoms with Crippen molar-refractivity contribution in [3.63, 3.8) is 0 Å². The summed E-state index contributed by atoms with van der Waals surface area (Å²) < 4.78 is 4.94. The first kappa shape index (κ1) is 20.9. The average Bonchev–Trinajstić information content (AvgIpc) is 3.02. The van der Waals surface area contributed by atoms with Crippen LogP contribution in [0, 0.1) is 0 Å². The van der Waals surface area contributed by atoms with Crippen molar-refractivity contribution in [3.8, 4) is 11.3 Å². The Morgan fingerprint density at radius 1 is 1.40 bits per heavy atom. The van der Waals surface area contributed by atoms with E-state index in [1.54, 1.807) is 7.11 Å². The van der Waals surface area contributed by atoms with Crippen molar-refractivity contribution in [2.75, 3.05) is 20.3 Å². The maximum Gasteiger partial charge on any atom is 0.217 e. The van der Waals surface area contributed by atoms with Gasteiger partial charge in [0.1, 0.15) is 0 Å². The molecule has 25 heavy (non-hydrogen) atoms. The second kappa shape index (κ2) is 10.7. The van der Waals surface area contributed by atoms with Crippen LogP contribution in [0.5, 0.6) is 0 Å². The molecule has 1 heterocycles. The molecule has 1 aromatic heterocycles. The zero-order valence-electron chi connectivity index (χ0n) is 14.1. The Kier molecular flexibility index (Phi) is 8.90. The SMILES string of the molecule is COCCN/C(N)=N/c1nc(-c2cccc(CNC(C)=O)c2)cs1.Cl. The highest BCUT2D eigenvalue weighted by Crippen LogP contribution is 2.27. The van der Waals surface area contributed by atoms with Crippen LogP contribution in [0.25, 0.3) is 11.3 Å². The van der Waals surface area contributed by atoms with E-state index in [2.05, 4.69) is 20.6 Å². The fourth-order valence-electron chi connectivity index (χ4n) is 1.94. The van der Waals surface area contributed by atoms with Crippen LogP contribution in [0.15, 0.2) is 34.6 Å². The molecular formula is C16H22ClN5O2S. The van der Waals surface area contributed by atoms with Crippen LogP contribution in [0.1, 0.15) is 12.5 Å². The monoisotopic (exact) mass is 383 g/mol. The Morgan fingerprint density at radius 3 is 2.92 bits per heavy atom. The summed E-state index contributed by atoms with van der Waals surface area (Å²) in [4.78, 5) is 19.7. The van der Waals surface area contributed by atoms with E-state index in [1.165, 1.54) is 18.3 Å². The molecule has 1 amide bonds. The zero-order chi connectivity index (χ0) is 17.4. The van der Waals surface area contributed by atoms with Crippen molar-refractivity contribution in [3.05, 3.63) is 35.2 Å². The molecule has 0 aliphatic carbocycles. The van der Waals surface area contributed by atoms with E-state index in [4.69, 9.17) is 10.5 Å². The number of thiazole rings is 1. The first-order chi connectivity index (χ1) is 11.6. The summed E-state index contributed by atoms with van der Waals surface area (Å²) in [7, 11) is 1.63. The van der Waals surface area contributed by atoms with E-state index >= 15 is 0 Å². The van der Waals surface area contributed by atoms with Gasteiger partial charge in [-0.2, -0.15) is 4.99 Å². The van der Waals surface area contributed by atoms with Gasteiger partial charge in [0.2, 0.25) is 11.0 Å². The highest BCUT2D eigenvalue weighted by atomic mass is 35.5. The van der Waals surface area contributed by atoms with Crippen LogP contribution in [-0.4, -0.2) is 37.1 Å². The lowest BCUT2D eigenvalue weighted by Crippen LogP contribution is -2.33. The lowest BCUT2D eigenvalue weighted by atomic mass is 10.1. The van der Waals surface area contributed by atoms with Crippen LogP contribution >= 0.6 is 23.7 Å². The van der Waals surface area contributed by atoms with Gasteiger partial charge in [-0.15, -0.1) is 23.7 Å². The fraction of sp³-hybridized carbons (Fsp3) is 0.312. The Bertz CT molecular complexity index is 720. The predicted molar refractivity (Wildman–Crippen MR) is 103 cm³/mol. The number of methoxy groups -OCH3 is 1. The normalized spacial score (nSPS) is 10.9. The molecular weight excluding hydrogens is 362 g/mol. The molecule has 0 radical (unpaired) electrons. The number of nitrogens with one attached hydrogen (secondary N) is 2. The second-order valence-corrected chi connectivity index (χ2v) is 5.88. The fourth-order valence-corrected chi connectivity index (χ4v) is 2.65. The zero-order valence-corrected chi connectivity index (χ0v) is 15.7. The summed E-state index contributed by atoms with van der Waals surface area (Å²) in [5, 5.41) is 8.24. The maximum absolute atomic E-state index is 11.0. The van der Waals surface area contributed by atoms with E-state index in [0.717, 1.165) is 16.8 Å². The molecule has 0 unspecified atom stereocenters. The summed E-state index contributed by atoms with van der Waals surface area (Å²) in [6.45, 7) is 3.14. The van der Waals surface area contributed by atoms with Crippen LogP contribution in [0.4, 0.5) is 5.13 Å². The van der Waals surface area contributed by atoms with Gasteiger partial charge in [0.15, 0.2) is 5.96 Å². The Balaban J connectivity index is 0.00000312. The minimum absolute atomic E-state index is 0. The average molecular weight is 384 g/mol. The Labute approximate surface area is 157 Å². The van der Waals surface area contributed by atoms with E-state index in [1.807, 2.05) is 29.6 Å². The first-order valence-corrected chi connectivity index (χ1v) is 8.32. The van der Waals surface area contributed by atoms with Crippen molar-refractivity contribution >= 4 is 40.7 Å². The van der Waals surface area contributed by atoms with Gasteiger partial charge in [-0.05, 0) is 11.6 Å². The smallest absolute Gasteiger partial charge is 0.217 e. The molecule has 0 saturated carbocycles. The number of carbonyl (C=O) groups is 1. The number of nitrogens with two attached hydrogens (primary N) is 1. The number of guanidine groups is 1. The number of nitrogens with zero attached hydrogens (tertiary/aromatic N) is 2. The van der Waals surface area contributed by atoms with Crippen molar-refractivity contribution in [2.45, 2.75) is 13.5 Å². The molecule has 136 valence electrons. The summed E-state index contributed by atoms with van der Waals surface area (Å²) in [5.41, 5.74) is 8.61. The van der Waals surface area contributed by atoms with E-state index < -0.39 is 0 Å². The standard InChI is InChI=1S/C16H21N5O2S.ClH/c1-11(22)19-9-12-4-3-5-13(8-12)14-10-24-16(20-14)21-15(17)18-6-7-23-2;/h3-5,8,10H,6-7,9H2,1-2H3,(H,19,22)(H3,17,18,20,21);1H. The van der Waals surface area contributed by atoms with Crippen LogP contribution in [0.2, 0.25) is 0 Å². The largest absolute Gasteiger partial charge is 0.383 e. The van der Waals surface area contributed by atoms with Gasteiger partial charge in [0.25, 0.3) is 0 Å². The first-order valence-electron chi connectivity index (χ1n) is 7.44. The van der Waals surface area contributed by atoms with Crippen molar-refractivity contribution < 1.29 is 9.53 Å². The third kappa shape index (κ3) is 7.08. The highest BCUT2D eigenvalue weighted by Gasteiger charge is 2.06. The summed E-state index contributed by atoms with van der Waals surface area (Å²) in [6.07, 6.45) is 0. The number of hydrogen-bond acceptors (Lipinski definition) is 5. The number of rotatable bonds is 7. The van der Waals surface area contributed by atoms with E-state index in [9.17, 15) is 4.79 Å². The minimum Gasteiger partial charge on any atom is -0.383 e. The van der Waals surface area contributed by atoms with Gasteiger partial charge in [0, 0.05) is 38.1 Å². The molecule has 0 aliphatic rings. The predicted octanol–water partition coefficient (Wildman–Crippen LogP) is 2.05. The number of benzene rings is 1. The van der Waals surface area contributed by atoms with Gasteiger partial charge in [-0.3, -0.25) is 4.79 Å². The number of aromatic nitrogens is 1. The second-order valence-electron chi connectivity index (χ2n) is 5.04. The Hall–Kier alpha value is -2.16. The number of amides is 1. The number of hydrogen-bond donors (Lipinski definition) is 3. The molecule has 0 atom stereocenters. The molecule has 2 aromatic rings. The number of carbonyl (C=O) groups excluding carboxylic acids is 1. The van der Waals surface area contributed by atoms with Gasteiger partial charge < -0.3 is 21.1 Å². The van der Waals surface area contributed by atoms with Gasteiger partial charge >= 0.3 is 0 Å². The molecule has 0 fully saturated rings. The minimum atomic E-state index is -0.0536. The third-order valence-corrected chi connectivity index (χ3v) is 3.82. The Morgan fingerprint density at radius 2 is 2.20 bits per heavy atom. The molecule has 0 spiro atoms. The quantitative estimate of drug-likeness (QED) is 0.386. The van der Waals surface area contributed by atoms with Crippen molar-refractivity contribution in [2.24, 2.45) is 10.7 Å². The third-order valence-electron chi connectivity index (χ3n) is 3.08. The van der Waals surface area contributed by atoms with Crippen LogP contribution in [0.3, 0.4) is 0 Å². The molecule has 0 aliphatic heterocycles. The van der Waals surface area contributed by atoms with Gasteiger partial charge in [-0.1, -0.05) is 18.2 Å². The summed E-state index contributed by atoms with van der Waals surface area (Å²) in [6, 6.07) is 7.87. The molecule has 2 rings (SSSR count). The number of ether oxygens (including phenoxy) is 1. The molecule has 0 bridgehead atoms. The molecule has 9 heteroatoms.